The molecule has 0 heterocycles. The molecule has 1 aliphatic carbocycles. The van der Waals surface area contributed by atoms with Crippen molar-refractivity contribution in [2.45, 2.75) is 44.5 Å². The molecule has 0 radical (unpaired) electrons. The predicted molar refractivity (Wildman–Crippen MR) is 73.9 cm³/mol. The van der Waals surface area contributed by atoms with E-state index in [1.807, 2.05) is 0 Å². The van der Waals surface area contributed by atoms with Crippen molar-refractivity contribution in [3.8, 4) is 5.75 Å². The lowest BCUT2D eigenvalue weighted by Gasteiger charge is -2.28. The van der Waals surface area contributed by atoms with E-state index in [9.17, 15) is 13.2 Å². The summed E-state index contributed by atoms with van der Waals surface area (Å²) in [6.07, 6.45) is 0.958. The third-order valence-electron chi connectivity index (χ3n) is 3.63. The van der Waals surface area contributed by atoms with E-state index in [4.69, 9.17) is 5.73 Å². The Morgan fingerprint density at radius 1 is 1.15 bits per heavy atom. The van der Waals surface area contributed by atoms with Gasteiger partial charge in [0.2, 0.25) is 0 Å². The molecule has 1 fully saturated rings. The van der Waals surface area contributed by atoms with Crippen LogP contribution in [0.2, 0.25) is 0 Å². The minimum atomic E-state index is -4.66. The maximum absolute atomic E-state index is 12.2. The Hall–Kier alpha value is -0.940. The first-order valence-electron chi connectivity index (χ1n) is 6.57. The van der Waals surface area contributed by atoms with Gasteiger partial charge in [0.25, 0.3) is 0 Å². The summed E-state index contributed by atoms with van der Waals surface area (Å²) in [6, 6.07) is 5.80. The van der Waals surface area contributed by atoms with Gasteiger partial charge in [-0.2, -0.15) is 0 Å². The van der Waals surface area contributed by atoms with Gasteiger partial charge in [0, 0.05) is 6.04 Å². The molecule has 20 heavy (non-hydrogen) atoms. The number of halogens is 4. The average molecular weight is 310 g/mol. The average Bonchev–Trinajstić information content (AvgIpc) is 2.37. The molecule has 0 spiro atoms. The molecular weight excluding hydrogens is 291 g/mol. The van der Waals surface area contributed by atoms with E-state index in [0.29, 0.717) is 11.5 Å². The van der Waals surface area contributed by atoms with Crippen molar-refractivity contribution in [3.63, 3.8) is 0 Å². The summed E-state index contributed by atoms with van der Waals surface area (Å²) in [7, 11) is 0. The largest absolute Gasteiger partial charge is 0.573 e. The summed E-state index contributed by atoms with van der Waals surface area (Å²) < 4.78 is 40.5. The molecule has 2 nitrogen and oxygen atoms in total. The molecule has 1 saturated carbocycles. The van der Waals surface area contributed by atoms with Gasteiger partial charge in [0.15, 0.2) is 0 Å². The lowest BCUT2D eigenvalue weighted by molar-refractivity contribution is -0.274. The zero-order valence-electron chi connectivity index (χ0n) is 11.0. The molecule has 0 unspecified atom stereocenters. The zero-order chi connectivity index (χ0) is 13.9. The van der Waals surface area contributed by atoms with Gasteiger partial charge in [-0.15, -0.1) is 25.6 Å². The molecule has 0 amide bonds. The maximum atomic E-state index is 12.2. The quantitative estimate of drug-likeness (QED) is 0.886. The second-order valence-corrected chi connectivity index (χ2v) is 5.04. The Bertz CT molecular complexity index is 419. The van der Waals surface area contributed by atoms with Crippen LogP contribution in [-0.2, 0) is 0 Å². The number of alkyl halides is 3. The molecular formula is C14H19ClF3NO. The summed E-state index contributed by atoms with van der Waals surface area (Å²) in [5.41, 5.74) is 6.88. The van der Waals surface area contributed by atoms with Crippen LogP contribution in [0.3, 0.4) is 0 Å². The van der Waals surface area contributed by atoms with E-state index in [1.54, 1.807) is 12.1 Å². The number of benzene rings is 1. The van der Waals surface area contributed by atoms with Gasteiger partial charge in [0.05, 0.1) is 0 Å². The molecule has 1 aromatic rings. The first kappa shape index (κ1) is 17.1. The number of hydrogen-bond donors (Lipinski definition) is 1. The Balaban J connectivity index is 0.00000200. The smallest absolute Gasteiger partial charge is 0.406 e. The topological polar surface area (TPSA) is 35.2 Å². The van der Waals surface area contributed by atoms with Gasteiger partial charge in [-0.1, -0.05) is 31.4 Å². The van der Waals surface area contributed by atoms with Crippen LogP contribution in [0.4, 0.5) is 13.2 Å². The van der Waals surface area contributed by atoms with Crippen LogP contribution in [-0.4, -0.2) is 6.36 Å². The molecule has 0 aromatic heterocycles. The van der Waals surface area contributed by atoms with Gasteiger partial charge < -0.3 is 10.5 Å². The molecule has 0 bridgehead atoms. The van der Waals surface area contributed by atoms with Crippen LogP contribution >= 0.6 is 12.4 Å². The van der Waals surface area contributed by atoms with E-state index < -0.39 is 6.36 Å². The number of ether oxygens (including phenoxy) is 1. The second kappa shape index (κ2) is 7.18. The fourth-order valence-corrected chi connectivity index (χ4v) is 2.68. The molecule has 1 aliphatic rings. The van der Waals surface area contributed by atoms with E-state index in [1.165, 1.54) is 18.6 Å². The molecule has 1 aromatic carbocycles. The Morgan fingerprint density at radius 3 is 2.40 bits per heavy atom. The summed E-state index contributed by atoms with van der Waals surface area (Å²) in [5, 5.41) is 0. The fraction of sp³-hybridized carbons (Fsp3) is 0.571. The van der Waals surface area contributed by atoms with Crippen molar-refractivity contribution in [1.82, 2.24) is 0 Å². The van der Waals surface area contributed by atoms with Crippen molar-refractivity contribution < 1.29 is 17.9 Å². The number of hydrogen-bond acceptors (Lipinski definition) is 2. The summed E-state index contributed by atoms with van der Waals surface area (Å²) >= 11 is 0. The summed E-state index contributed by atoms with van der Waals surface area (Å²) in [4.78, 5) is 0. The molecule has 2 N–H and O–H groups in total. The van der Waals surface area contributed by atoms with Gasteiger partial charge in [0.1, 0.15) is 5.75 Å². The Labute approximate surface area is 122 Å². The van der Waals surface area contributed by atoms with E-state index in [0.717, 1.165) is 25.7 Å². The van der Waals surface area contributed by atoms with E-state index in [-0.39, 0.29) is 24.2 Å². The normalized spacial score (nSPS) is 18.2. The van der Waals surface area contributed by atoms with Gasteiger partial charge in [-0.05, 0) is 36.5 Å². The predicted octanol–water partition coefficient (Wildman–Crippen LogP) is 4.59. The zero-order valence-corrected chi connectivity index (χ0v) is 11.8. The van der Waals surface area contributed by atoms with Gasteiger partial charge in [-0.25, -0.2) is 0 Å². The molecule has 0 saturated heterocycles. The third-order valence-corrected chi connectivity index (χ3v) is 3.63. The number of rotatable bonds is 3. The van der Waals surface area contributed by atoms with Crippen molar-refractivity contribution in [1.29, 1.82) is 0 Å². The minimum Gasteiger partial charge on any atom is -0.406 e. The summed E-state index contributed by atoms with van der Waals surface area (Å²) in [6.45, 7) is 0. The summed E-state index contributed by atoms with van der Waals surface area (Å²) in [5.74, 6) is 0.158. The highest BCUT2D eigenvalue weighted by Crippen LogP contribution is 2.34. The Morgan fingerprint density at radius 2 is 1.80 bits per heavy atom. The SMILES string of the molecule is Cl.N[C@@H](c1cccc(OC(F)(F)F)c1)C1CCCCC1. The number of nitrogens with two attached hydrogens (primary N) is 1. The third kappa shape index (κ3) is 4.87. The lowest BCUT2D eigenvalue weighted by Crippen LogP contribution is -2.24. The molecule has 2 rings (SSSR count). The van der Waals surface area contributed by atoms with Gasteiger partial charge >= 0.3 is 6.36 Å². The molecule has 6 heteroatoms. The fourth-order valence-electron chi connectivity index (χ4n) is 2.68. The van der Waals surface area contributed by atoms with Crippen LogP contribution in [0.5, 0.6) is 5.75 Å². The van der Waals surface area contributed by atoms with Crippen molar-refractivity contribution in [3.05, 3.63) is 29.8 Å². The van der Waals surface area contributed by atoms with E-state index in [2.05, 4.69) is 4.74 Å². The van der Waals surface area contributed by atoms with Crippen LogP contribution in [0.1, 0.15) is 43.7 Å². The molecule has 1 atom stereocenters. The first-order valence-corrected chi connectivity index (χ1v) is 6.57. The lowest BCUT2D eigenvalue weighted by atomic mass is 9.81. The molecule has 114 valence electrons. The van der Waals surface area contributed by atoms with Crippen LogP contribution in [0, 0.1) is 5.92 Å². The highest BCUT2D eigenvalue weighted by atomic mass is 35.5. The molecule has 0 aliphatic heterocycles. The van der Waals surface area contributed by atoms with Gasteiger partial charge in [-0.3, -0.25) is 0 Å². The van der Waals surface area contributed by atoms with Crippen LogP contribution in [0.25, 0.3) is 0 Å². The second-order valence-electron chi connectivity index (χ2n) is 5.04. The monoisotopic (exact) mass is 309 g/mol. The highest BCUT2D eigenvalue weighted by molar-refractivity contribution is 5.85. The van der Waals surface area contributed by atoms with Crippen molar-refractivity contribution in [2.24, 2.45) is 11.7 Å². The Kier molecular flexibility index (Phi) is 6.14. The van der Waals surface area contributed by atoms with E-state index >= 15 is 0 Å². The van der Waals surface area contributed by atoms with Crippen LogP contribution in [0.15, 0.2) is 24.3 Å². The first-order chi connectivity index (χ1) is 8.96. The minimum absolute atomic E-state index is 0. The standard InChI is InChI=1S/C14H18F3NO.ClH/c15-14(16,17)19-12-8-4-7-11(9-12)13(18)10-5-2-1-3-6-10;/h4,7-10,13H,1-3,5-6,18H2;1H/t13-;/m1./s1. The van der Waals surface area contributed by atoms with Crippen molar-refractivity contribution >= 4 is 12.4 Å². The van der Waals surface area contributed by atoms with Crippen LogP contribution < -0.4 is 10.5 Å². The highest BCUT2D eigenvalue weighted by Gasteiger charge is 2.31. The van der Waals surface area contributed by atoms with Crippen molar-refractivity contribution in [2.75, 3.05) is 0 Å². The maximum Gasteiger partial charge on any atom is 0.573 e.